The van der Waals surface area contributed by atoms with E-state index in [9.17, 15) is 4.79 Å². The third-order valence-electron chi connectivity index (χ3n) is 2.60. The maximum absolute atomic E-state index is 11.7. The number of rotatable bonds is 4. The molecule has 98 valence electrons. The smallest absolute Gasteiger partial charge is 0.336 e. The van der Waals surface area contributed by atoms with Crippen LogP contribution < -0.4 is 11.2 Å². The molecule has 2 aromatic carbocycles. The lowest BCUT2D eigenvalue weighted by Crippen LogP contribution is -2.13. The van der Waals surface area contributed by atoms with Crippen molar-refractivity contribution in [3.63, 3.8) is 0 Å². The average Bonchev–Trinajstić information content (AvgIpc) is 2.36. The number of nitrogens with one attached hydrogen (secondary N) is 1. The molecular formula is C15H16N2O2. The Morgan fingerprint density at radius 1 is 1.21 bits per heavy atom. The van der Waals surface area contributed by atoms with Crippen molar-refractivity contribution in [2.75, 3.05) is 11.2 Å². The van der Waals surface area contributed by atoms with Crippen LogP contribution in [0.3, 0.4) is 0 Å². The minimum atomic E-state index is -0.355. The van der Waals surface area contributed by atoms with Gasteiger partial charge in [-0.2, -0.15) is 0 Å². The fourth-order valence-electron chi connectivity index (χ4n) is 1.73. The van der Waals surface area contributed by atoms with Gasteiger partial charge in [0, 0.05) is 5.69 Å². The molecule has 2 rings (SSSR count). The summed E-state index contributed by atoms with van der Waals surface area (Å²) in [5.74, 6) is -0.355. The number of hydrogen-bond donors (Lipinski definition) is 2. The van der Waals surface area contributed by atoms with Gasteiger partial charge < -0.3 is 10.6 Å². The van der Waals surface area contributed by atoms with Crippen LogP contribution in [0.1, 0.15) is 11.1 Å². The molecule has 0 radical (unpaired) electrons. The quantitative estimate of drug-likeness (QED) is 0.652. The maximum atomic E-state index is 11.7. The highest BCUT2D eigenvalue weighted by Gasteiger charge is 2.05. The van der Waals surface area contributed by atoms with Crippen molar-refractivity contribution in [3.05, 3.63) is 59.7 Å². The van der Waals surface area contributed by atoms with Gasteiger partial charge in [0.05, 0.1) is 12.1 Å². The lowest BCUT2D eigenvalue weighted by molar-refractivity contribution is -0.139. The standard InChI is InChI=1S/C15H16N2O2/c1-11-4-2-7-14(8-11)17-19-15(18)10-12-5-3-6-13(16)9-12/h2-9,17H,10,16H2,1H3. The molecule has 2 aromatic rings. The SMILES string of the molecule is Cc1cccc(NOC(=O)Cc2cccc(N)c2)c1. The van der Waals surface area contributed by atoms with Gasteiger partial charge in [-0.1, -0.05) is 24.3 Å². The summed E-state index contributed by atoms with van der Waals surface area (Å²) < 4.78 is 0. The van der Waals surface area contributed by atoms with E-state index in [0.29, 0.717) is 5.69 Å². The summed E-state index contributed by atoms with van der Waals surface area (Å²) in [5.41, 5.74) is 11.6. The summed E-state index contributed by atoms with van der Waals surface area (Å²) in [5, 5.41) is 0. The molecule has 0 spiro atoms. The molecule has 0 aliphatic heterocycles. The number of anilines is 2. The minimum absolute atomic E-state index is 0.184. The summed E-state index contributed by atoms with van der Waals surface area (Å²) in [4.78, 5) is 16.7. The Balaban J connectivity index is 1.88. The average molecular weight is 256 g/mol. The highest BCUT2D eigenvalue weighted by atomic mass is 16.7. The number of nitrogens with two attached hydrogens (primary N) is 1. The summed E-state index contributed by atoms with van der Waals surface area (Å²) in [6.45, 7) is 1.97. The van der Waals surface area contributed by atoms with E-state index in [-0.39, 0.29) is 12.4 Å². The molecule has 0 aromatic heterocycles. The minimum Gasteiger partial charge on any atom is -0.399 e. The third kappa shape index (κ3) is 4.03. The largest absolute Gasteiger partial charge is 0.399 e. The number of aryl methyl sites for hydroxylation is 1. The van der Waals surface area contributed by atoms with E-state index in [4.69, 9.17) is 10.6 Å². The first-order valence-corrected chi connectivity index (χ1v) is 6.00. The predicted octanol–water partition coefficient (Wildman–Crippen LogP) is 2.69. The van der Waals surface area contributed by atoms with Crippen molar-refractivity contribution in [1.29, 1.82) is 0 Å². The van der Waals surface area contributed by atoms with Crippen LogP contribution >= 0.6 is 0 Å². The van der Waals surface area contributed by atoms with Gasteiger partial charge in [0.2, 0.25) is 0 Å². The molecule has 4 heteroatoms. The predicted molar refractivity (Wildman–Crippen MR) is 75.5 cm³/mol. The molecule has 0 heterocycles. The van der Waals surface area contributed by atoms with Gasteiger partial charge in [-0.15, -0.1) is 0 Å². The Morgan fingerprint density at radius 3 is 2.74 bits per heavy atom. The third-order valence-corrected chi connectivity index (χ3v) is 2.60. The van der Waals surface area contributed by atoms with E-state index in [1.165, 1.54) is 0 Å². The Labute approximate surface area is 112 Å². The number of hydrogen-bond acceptors (Lipinski definition) is 4. The topological polar surface area (TPSA) is 64.3 Å². The van der Waals surface area contributed by atoms with Crippen LogP contribution in [0.4, 0.5) is 11.4 Å². The van der Waals surface area contributed by atoms with E-state index < -0.39 is 0 Å². The Bertz CT molecular complexity index is 582. The molecule has 0 unspecified atom stereocenters. The number of carbonyl (C=O) groups is 1. The van der Waals surface area contributed by atoms with Crippen molar-refractivity contribution in [2.24, 2.45) is 0 Å². The second kappa shape index (κ2) is 5.91. The first-order chi connectivity index (χ1) is 9.13. The lowest BCUT2D eigenvalue weighted by Gasteiger charge is -2.07. The number of nitrogen functional groups attached to an aromatic ring is 1. The molecule has 19 heavy (non-hydrogen) atoms. The molecule has 0 aliphatic carbocycles. The van der Waals surface area contributed by atoms with Crippen LogP contribution in [-0.2, 0) is 16.1 Å². The first kappa shape index (κ1) is 13.0. The Hall–Kier alpha value is -2.49. The van der Waals surface area contributed by atoms with Crippen LogP contribution in [0.2, 0.25) is 0 Å². The van der Waals surface area contributed by atoms with Crippen LogP contribution in [-0.4, -0.2) is 5.97 Å². The van der Waals surface area contributed by atoms with Crippen LogP contribution in [0.15, 0.2) is 48.5 Å². The molecule has 3 N–H and O–H groups in total. The van der Waals surface area contributed by atoms with E-state index in [1.54, 1.807) is 12.1 Å². The highest BCUT2D eigenvalue weighted by Crippen LogP contribution is 2.11. The van der Waals surface area contributed by atoms with E-state index in [2.05, 4.69) is 5.48 Å². The van der Waals surface area contributed by atoms with Gasteiger partial charge in [-0.05, 0) is 42.3 Å². The van der Waals surface area contributed by atoms with Gasteiger partial charge in [-0.3, -0.25) is 0 Å². The van der Waals surface area contributed by atoms with Gasteiger partial charge in [0.1, 0.15) is 0 Å². The fraction of sp³-hybridized carbons (Fsp3) is 0.133. The van der Waals surface area contributed by atoms with Crippen molar-refractivity contribution in [3.8, 4) is 0 Å². The number of carbonyl (C=O) groups excluding carboxylic acids is 1. The molecule has 0 bridgehead atoms. The van der Waals surface area contributed by atoms with Gasteiger partial charge in [0.25, 0.3) is 0 Å². The lowest BCUT2D eigenvalue weighted by atomic mass is 10.1. The van der Waals surface area contributed by atoms with E-state index >= 15 is 0 Å². The second-order valence-electron chi connectivity index (χ2n) is 4.37. The Kier molecular flexibility index (Phi) is 4.03. The van der Waals surface area contributed by atoms with Gasteiger partial charge >= 0.3 is 5.97 Å². The summed E-state index contributed by atoms with van der Waals surface area (Å²) in [6, 6.07) is 14.8. The van der Waals surface area contributed by atoms with Crippen LogP contribution in [0.25, 0.3) is 0 Å². The normalized spacial score (nSPS) is 9.95. The maximum Gasteiger partial charge on any atom is 0.336 e. The van der Waals surface area contributed by atoms with Crippen molar-refractivity contribution in [1.82, 2.24) is 0 Å². The monoisotopic (exact) mass is 256 g/mol. The van der Waals surface area contributed by atoms with Gasteiger partial charge in [-0.25, -0.2) is 10.3 Å². The van der Waals surface area contributed by atoms with E-state index in [1.807, 2.05) is 43.3 Å². The van der Waals surface area contributed by atoms with Crippen molar-refractivity contribution in [2.45, 2.75) is 13.3 Å². The number of benzene rings is 2. The van der Waals surface area contributed by atoms with Gasteiger partial charge in [0.15, 0.2) is 0 Å². The first-order valence-electron chi connectivity index (χ1n) is 6.00. The summed E-state index contributed by atoms with van der Waals surface area (Å²) in [6.07, 6.45) is 0.184. The fourth-order valence-corrected chi connectivity index (χ4v) is 1.73. The summed E-state index contributed by atoms with van der Waals surface area (Å²) >= 11 is 0. The molecule has 0 aliphatic rings. The molecule has 0 saturated heterocycles. The molecule has 0 fully saturated rings. The highest BCUT2D eigenvalue weighted by molar-refractivity contribution is 5.73. The molecule has 0 saturated carbocycles. The van der Waals surface area contributed by atoms with Crippen LogP contribution in [0.5, 0.6) is 0 Å². The van der Waals surface area contributed by atoms with Crippen molar-refractivity contribution >= 4 is 17.3 Å². The van der Waals surface area contributed by atoms with Crippen LogP contribution in [0, 0.1) is 6.92 Å². The molecule has 4 nitrogen and oxygen atoms in total. The zero-order chi connectivity index (χ0) is 13.7. The molecule has 0 atom stereocenters. The molecular weight excluding hydrogens is 240 g/mol. The Morgan fingerprint density at radius 2 is 2.00 bits per heavy atom. The van der Waals surface area contributed by atoms with E-state index in [0.717, 1.165) is 16.8 Å². The molecule has 0 amide bonds. The zero-order valence-corrected chi connectivity index (χ0v) is 10.7. The van der Waals surface area contributed by atoms with Crippen molar-refractivity contribution < 1.29 is 9.63 Å². The second-order valence-corrected chi connectivity index (χ2v) is 4.37. The zero-order valence-electron chi connectivity index (χ0n) is 10.7. The summed E-state index contributed by atoms with van der Waals surface area (Å²) in [7, 11) is 0.